The lowest BCUT2D eigenvalue weighted by atomic mass is 9.98. The normalized spacial score (nSPS) is 11.2. The molecule has 2 aromatic carbocycles. The summed E-state index contributed by atoms with van der Waals surface area (Å²) in [6.45, 7) is 1.82. The fourth-order valence-electron chi connectivity index (χ4n) is 2.95. The van der Waals surface area contributed by atoms with Gasteiger partial charge in [-0.3, -0.25) is 4.79 Å². The molecule has 2 N–H and O–H groups in total. The Morgan fingerprint density at radius 2 is 2.00 bits per heavy atom. The van der Waals surface area contributed by atoms with Gasteiger partial charge in [0.25, 0.3) is 0 Å². The molecule has 25 heavy (non-hydrogen) atoms. The van der Waals surface area contributed by atoms with Gasteiger partial charge < -0.3 is 14.9 Å². The van der Waals surface area contributed by atoms with Crippen molar-refractivity contribution in [3.05, 3.63) is 58.3 Å². The molecule has 2 aliphatic rings. The first-order valence-electron chi connectivity index (χ1n) is 7.82. The minimum absolute atomic E-state index is 0.0903. The zero-order valence-corrected chi connectivity index (χ0v) is 13.4. The van der Waals surface area contributed by atoms with Crippen molar-refractivity contribution in [2.75, 3.05) is 12.3 Å². The summed E-state index contributed by atoms with van der Waals surface area (Å²) in [5, 5.41) is 0.790. The fraction of sp³-hybridized carbons (Fsp3) is 0.105. The van der Waals surface area contributed by atoms with Gasteiger partial charge in [-0.15, -0.1) is 0 Å². The highest BCUT2D eigenvalue weighted by molar-refractivity contribution is 6.10. The number of nitrogen functional groups attached to an aromatic ring is 1. The zero-order chi connectivity index (χ0) is 17.6. The molecule has 0 fully saturated rings. The van der Waals surface area contributed by atoms with Crippen molar-refractivity contribution in [3.63, 3.8) is 0 Å². The van der Waals surface area contributed by atoms with Crippen LogP contribution in [0.2, 0.25) is 0 Å². The predicted octanol–water partition coefficient (Wildman–Crippen LogP) is 3.20. The minimum Gasteiger partial charge on any atom is -0.462 e. The van der Waals surface area contributed by atoms with Gasteiger partial charge in [-0.2, -0.15) is 0 Å². The third kappa shape index (κ3) is 2.22. The van der Waals surface area contributed by atoms with Crippen LogP contribution in [0.25, 0.3) is 33.3 Å². The molecular weight excluding hydrogens is 320 g/mol. The Hall–Kier alpha value is -3.41. The summed E-state index contributed by atoms with van der Waals surface area (Å²) < 4.78 is 10.9. The lowest BCUT2D eigenvalue weighted by Crippen LogP contribution is -2.21. The van der Waals surface area contributed by atoms with Crippen molar-refractivity contribution >= 4 is 33.5 Å². The van der Waals surface area contributed by atoms with E-state index in [0.29, 0.717) is 33.3 Å². The van der Waals surface area contributed by atoms with E-state index in [1.54, 1.807) is 43.3 Å². The quantitative estimate of drug-likeness (QED) is 0.262. The van der Waals surface area contributed by atoms with Crippen LogP contribution in [0.3, 0.4) is 0 Å². The molecule has 0 atom stereocenters. The summed E-state index contributed by atoms with van der Waals surface area (Å²) in [5.74, 6) is -0.643. The maximum absolute atomic E-state index is 12.9. The monoisotopic (exact) mass is 334 g/mol. The van der Waals surface area contributed by atoms with Crippen molar-refractivity contribution < 1.29 is 13.9 Å². The van der Waals surface area contributed by atoms with Gasteiger partial charge in [-0.05, 0) is 25.1 Å². The molecule has 2 aromatic rings. The topological polar surface area (TPSA) is 95.4 Å². The maximum atomic E-state index is 12.9. The van der Waals surface area contributed by atoms with Crippen molar-refractivity contribution in [1.29, 1.82) is 0 Å². The summed E-state index contributed by atoms with van der Waals surface area (Å²) >= 11 is 0. The molecule has 0 amide bonds. The van der Waals surface area contributed by atoms with Gasteiger partial charge in [0.15, 0.2) is 16.9 Å². The molecule has 0 spiro atoms. The molecule has 0 bridgehead atoms. The minimum atomic E-state index is -0.734. The standard InChI is InChI=1S/C19H14N2O4/c1-2-24-19(23)15-17(22)10-6-5-7-11(20)14(10)16-18(15)25-13-9-4-3-8-12(13)21-16/h3-9H,2,20H2,1H3. The fourth-order valence-corrected chi connectivity index (χ4v) is 2.95. The van der Waals surface area contributed by atoms with Crippen LogP contribution in [0.4, 0.5) is 5.69 Å². The molecule has 0 saturated carbocycles. The van der Waals surface area contributed by atoms with Crippen LogP contribution < -0.4 is 11.2 Å². The summed E-state index contributed by atoms with van der Waals surface area (Å²) in [6.07, 6.45) is 0. The second-order valence-electron chi connectivity index (χ2n) is 5.55. The van der Waals surface area contributed by atoms with Crippen LogP contribution >= 0.6 is 0 Å². The first-order valence-corrected chi connectivity index (χ1v) is 7.82. The number of hydrogen-bond donors (Lipinski definition) is 1. The average molecular weight is 334 g/mol. The molecule has 4 rings (SSSR count). The highest BCUT2D eigenvalue weighted by atomic mass is 16.5. The molecule has 1 heterocycles. The molecule has 6 heteroatoms. The van der Waals surface area contributed by atoms with E-state index in [1.165, 1.54) is 0 Å². The van der Waals surface area contributed by atoms with Gasteiger partial charge in [-0.1, -0.05) is 24.3 Å². The van der Waals surface area contributed by atoms with Gasteiger partial charge >= 0.3 is 5.97 Å². The van der Waals surface area contributed by atoms with E-state index in [1.807, 2.05) is 6.07 Å². The number of carbonyl (C=O) groups excluding carboxylic acids is 1. The number of anilines is 1. The summed E-state index contributed by atoms with van der Waals surface area (Å²) in [6, 6.07) is 12.1. The van der Waals surface area contributed by atoms with E-state index < -0.39 is 11.4 Å². The van der Waals surface area contributed by atoms with E-state index in [4.69, 9.17) is 14.9 Å². The van der Waals surface area contributed by atoms with E-state index in [-0.39, 0.29) is 17.9 Å². The average Bonchev–Trinajstić information content (AvgIpc) is 2.61. The Balaban J connectivity index is 2.26. The van der Waals surface area contributed by atoms with Crippen molar-refractivity contribution in [3.8, 4) is 11.5 Å². The van der Waals surface area contributed by atoms with Crippen molar-refractivity contribution in [2.24, 2.45) is 0 Å². The second-order valence-corrected chi connectivity index (χ2v) is 5.55. The molecule has 1 aliphatic heterocycles. The van der Waals surface area contributed by atoms with Crippen LogP contribution in [0.15, 0.2) is 51.7 Å². The highest BCUT2D eigenvalue weighted by Gasteiger charge is 2.28. The molecule has 0 unspecified atom stereocenters. The Labute approximate surface area is 142 Å². The van der Waals surface area contributed by atoms with Gasteiger partial charge in [0.2, 0.25) is 5.43 Å². The number of fused-ring (bicyclic) bond motifs is 4. The Morgan fingerprint density at radius 3 is 2.80 bits per heavy atom. The van der Waals surface area contributed by atoms with Crippen LogP contribution in [0, 0.1) is 0 Å². The molecular formula is C19H14N2O4. The lowest BCUT2D eigenvalue weighted by Gasteiger charge is -2.14. The SMILES string of the molecule is CCOC(=O)c1c2oc3ccccc3nc-2c2c(N)cccc2c1=O. The lowest BCUT2D eigenvalue weighted by molar-refractivity contribution is 0.0524. The van der Waals surface area contributed by atoms with Crippen LogP contribution in [-0.2, 0) is 4.74 Å². The summed E-state index contributed by atoms with van der Waals surface area (Å²) in [5.41, 5.74) is 7.28. The number of rotatable bonds is 2. The number of ether oxygens (including phenoxy) is 1. The third-order valence-electron chi connectivity index (χ3n) is 4.04. The predicted molar refractivity (Wildman–Crippen MR) is 94.8 cm³/mol. The molecule has 124 valence electrons. The molecule has 1 aliphatic carbocycles. The number of nitrogens with zero attached hydrogens (tertiary/aromatic N) is 1. The number of benzene rings is 3. The van der Waals surface area contributed by atoms with E-state index in [9.17, 15) is 9.59 Å². The Bertz CT molecular complexity index is 1160. The largest absolute Gasteiger partial charge is 0.462 e. The van der Waals surface area contributed by atoms with Crippen LogP contribution in [0.1, 0.15) is 17.3 Å². The number of hydrogen-bond acceptors (Lipinski definition) is 6. The molecule has 0 saturated heterocycles. The number of aromatic nitrogens is 1. The Morgan fingerprint density at radius 1 is 1.20 bits per heavy atom. The first-order chi connectivity index (χ1) is 12.1. The van der Waals surface area contributed by atoms with Gasteiger partial charge in [0, 0.05) is 16.5 Å². The maximum Gasteiger partial charge on any atom is 0.346 e. The second kappa shape index (κ2) is 5.59. The van der Waals surface area contributed by atoms with Crippen molar-refractivity contribution in [1.82, 2.24) is 4.98 Å². The zero-order valence-electron chi connectivity index (χ0n) is 13.4. The Kier molecular flexibility index (Phi) is 3.39. The number of para-hydroxylation sites is 2. The van der Waals surface area contributed by atoms with Gasteiger partial charge in [-0.25, -0.2) is 9.78 Å². The molecule has 6 nitrogen and oxygen atoms in total. The number of carbonyl (C=O) groups is 1. The summed E-state index contributed by atoms with van der Waals surface area (Å²) in [7, 11) is 0. The smallest absolute Gasteiger partial charge is 0.346 e. The number of esters is 1. The van der Waals surface area contributed by atoms with E-state index in [0.717, 1.165) is 0 Å². The third-order valence-corrected chi connectivity index (χ3v) is 4.04. The number of nitrogens with two attached hydrogens (primary N) is 1. The van der Waals surface area contributed by atoms with E-state index in [2.05, 4.69) is 4.98 Å². The summed E-state index contributed by atoms with van der Waals surface area (Å²) in [4.78, 5) is 29.9. The van der Waals surface area contributed by atoms with E-state index >= 15 is 0 Å². The van der Waals surface area contributed by atoms with Crippen LogP contribution in [-0.4, -0.2) is 17.6 Å². The van der Waals surface area contributed by atoms with Gasteiger partial charge in [0.05, 0.1) is 6.61 Å². The molecule has 0 radical (unpaired) electrons. The van der Waals surface area contributed by atoms with Crippen LogP contribution in [0.5, 0.6) is 0 Å². The van der Waals surface area contributed by atoms with Gasteiger partial charge in [0.1, 0.15) is 11.2 Å². The highest BCUT2D eigenvalue weighted by Crippen LogP contribution is 2.35. The molecule has 0 aromatic heterocycles. The first kappa shape index (κ1) is 15.1. The van der Waals surface area contributed by atoms with Crippen molar-refractivity contribution in [2.45, 2.75) is 6.92 Å².